The lowest BCUT2D eigenvalue weighted by Crippen LogP contribution is -2.34. The summed E-state index contributed by atoms with van der Waals surface area (Å²) < 4.78 is 0. The molecule has 66 valence electrons. The highest BCUT2D eigenvalue weighted by Gasteiger charge is 2.14. The molecule has 0 saturated heterocycles. The van der Waals surface area contributed by atoms with E-state index in [1.807, 2.05) is 0 Å². The Morgan fingerprint density at radius 3 is 2.83 bits per heavy atom. The fraction of sp³-hybridized carbons (Fsp3) is 0.571. The van der Waals surface area contributed by atoms with Gasteiger partial charge in [-0.15, -0.1) is 0 Å². The van der Waals surface area contributed by atoms with Gasteiger partial charge in [0.25, 0.3) is 5.91 Å². The highest BCUT2D eigenvalue weighted by molar-refractivity contribution is 6.39. The van der Waals surface area contributed by atoms with Gasteiger partial charge < -0.3 is 10.4 Å². The fourth-order valence-corrected chi connectivity index (χ4v) is 0.983. The topological polar surface area (TPSA) is 78.8 Å². The van der Waals surface area contributed by atoms with Gasteiger partial charge in [-0.1, -0.05) is 0 Å². The summed E-state index contributed by atoms with van der Waals surface area (Å²) in [5.41, 5.74) is 0.469. The van der Waals surface area contributed by atoms with E-state index < -0.39 is 5.97 Å². The van der Waals surface area contributed by atoms with Crippen LogP contribution in [0.5, 0.6) is 0 Å². The number of aliphatic carboxylic acids is 1. The molecule has 0 atom stereocenters. The Morgan fingerprint density at radius 1 is 1.58 bits per heavy atom. The predicted octanol–water partition coefficient (Wildman–Crippen LogP) is -0.578. The van der Waals surface area contributed by atoms with Crippen molar-refractivity contribution in [3.8, 4) is 0 Å². The maximum Gasteiger partial charge on any atom is 0.322 e. The Hall–Kier alpha value is -1.39. The van der Waals surface area contributed by atoms with Crippen LogP contribution >= 0.6 is 0 Å². The van der Waals surface area contributed by atoms with E-state index in [1.165, 1.54) is 0 Å². The Labute approximate surface area is 69.5 Å². The lowest BCUT2D eigenvalue weighted by molar-refractivity contribution is -0.137. The van der Waals surface area contributed by atoms with Crippen LogP contribution in [0.3, 0.4) is 0 Å². The summed E-state index contributed by atoms with van der Waals surface area (Å²) in [7, 11) is 0. The van der Waals surface area contributed by atoms with Crippen LogP contribution in [-0.2, 0) is 9.59 Å². The molecule has 0 aliphatic carbocycles. The van der Waals surface area contributed by atoms with E-state index >= 15 is 0 Å². The monoisotopic (exact) mass is 170 g/mol. The third kappa shape index (κ3) is 2.34. The fourth-order valence-electron chi connectivity index (χ4n) is 0.983. The molecule has 2 N–H and O–H groups in total. The zero-order valence-electron chi connectivity index (χ0n) is 6.54. The molecule has 1 aliphatic heterocycles. The smallest absolute Gasteiger partial charge is 0.322 e. The molecule has 12 heavy (non-hydrogen) atoms. The zero-order chi connectivity index (χ0) is 8.97. The number of carboxylic acid groups (broad SMARTS) is 1. The van der Waals surface area contributed by atoms with Crippen LogP contribution in [0, 0.1) is 0 Å². The molecule has 1 aliphatic rings. The molecule has 1 heterocycles. The highest BCUT2D eigenvalue weighted by Crippen LogP contribution is 2.02. The molecule has 0 aromatic carbocycles. The molecule has 0 saturated carbocycles. The van der Waals surface area contributed by atoms with Gasteiger partial charge in [-0.3, -0.25) is 14.6 Å². The van der Waals surface area contributed by atoms with Crippen LogP contribution in [-0.4, -0.2) is 35.8 Å². The number of hydrogen-bond acceptors (Lipinski definition) is 3. The van der Waals surface area contributed by atoms with Gasteiger partial charge in [0.05, 0.1) is 5.71 Å². The number of amides is 1. The number of nitrogens with one attached hydrogen (secondary N) is 1. The molecular weight excluding hydrogens is 160 g/mol. The molecule has 5 heteroatoms. The van der Waals surface area contributed by atoms with Gasteiger partial charge in [0.1, 0.15) is 6.54 Å². The molecule has 0 spiro atoms. The van der Waals surface area contributed by atoms with Crippen molar-refractivity contribution in [2.75, 3.05) is 13.1 Å². The van der Waals surface area contributed by atoms with Crippen molar-refractivity contribution in [3.63, 3.8) is 0 Å². The van der Waals surface area contributed by atoms with Gasteiger partial charge >= 0.3 is 5.97 Å². The van der Waals surface area contributed by atoms with Gasteiger partial charge in [0.15, 0.2) is 0 Å². The van der Waals surface area contributed by atoms with Crippen LogP contribution in [0.15, 0.2) is 4.99 Å². The Bertz CT molecular complexity index is 235. The second-order valence-electron chi connectivity index (χ2n) is 2.51. The van der Waals surface area contributed by atoms with Gasteiger partial charge in [0, 0.05) is 6.54 Å². The van der Waals surface area contributed by atoms with Crippen molar-refractivity contribution in [1.29, 1.82) is 0 Å². The molecule has 1 rings (SSSR count). The first-order valence-corrected chi connectivity index (χ1v) is 3.73. The van der Waals surface area contributed by atoms with Crippen LogP contribution in [0.25, 0.3) is 0 Å². The summed E-state index contributed by atoms with van der Waals surface area (Å²) in [4.78, 5) is 25.0. The lowest BCUT2D eigenvalue weighted by atomic mass is 10.2. The molecule has 0 radical (unpaired) electrons. The number of rotatable bonds is 3. The SMILES string of the molecule is O=C(O)CNC(=O)C1=NCCC1. The van der Waals surface area contributed by atoms with E-state index in [9.17, 15) is 9.59 Å². The Morgan fingerprint density at radius 2 is 2.33 bits per heavy atom. The second kappa shape index (κ2) is 3.85. The first-order chi connectivity index (χ1) is 5.70. The molecule has 1 amide bonds. The van der Waals surface area contributed by atoms with E-state index in [4.69, 9.17) is 5.11 Å². The number of nitrogens with zero attached hydrogens (tertiary/aromatic N) is 1. The lowest BCUT2D eigenvalue weighted by Gasteiger charge is -1.99. The van der Waals surface area contributed by atoms with Crippen molar-refractivity contribution < 1.29 is 14.7 Å². The third-order valence-corrected chi connectivity index (χ3v) is 1.54. The van der Waals surface area contributed by atoms with Gasteiger partial charge in [0.2, 0.25) is 0 Å². The summed E-state index contributed by atoms with van der Waals surface area (Å²) in [5.74, 6) is -1.39. The molecule has 0 unspecified atom stereocenters. The van der Waals surface area contributed by atoms with Crippen molar-refractivity contribution in [2.45, 2.75) is 12.8 Å². The van der Waals surface area contributed by atoms with Crippen molar-refractivity contribution in [1.82, 2.24) is 5.32 Å². The average molecular weight is 170 g/mol. The first-order valence-electron chi connectivity index (χ1n) is 3.73. The predicted molar refractivity (Wildman–Crippen MR) is 42.2 cm³/mol. The summed E-state index contributed by atoms with van der Waals surface area (Å²) in [6.45, 7) is 0.341. The van der Waals surface area contributed by atoms with Gasteiger partial charge in [-0.05, 0) is 12.8 Å². The summed E-state index contributed by atoms with van der Waals surface area (Å²) in [6.07, 6.45) is 1.54. The van der Waals surface area contributed by atoms with E-state index in [1.54, 1.807) is 0 Å². The van der Waals surface area contributed by atoms with Crippen LogP contribution in [0.2, 0.25) is 0 Å². The zero-order valence-corrected chi connectivity index (χ0v) is 6.54. The van der Waals surface area contributed by atoms with E-state index in [0.29, 0.717) is 18.7 Å². The number of carboxylic acids is 1. The minimum absolute atomic E-state index is 0.335. The molecule has 0 bridgehead atoms. The quantitative estimate of drug-likeness (QED) is 0.594. The normalized spacial score (nSPS) is 15.5. The highest BCUT2D eigenvalue weighted by atomic mass is 16.4. The third-order valence-electron chi connectivity index (χ3n) is 1.54. The second-order valence-corrected chi connectivity index (χ2v) is 2.51. The van der Waals surface area contributed by atoms with E-state index in [0.717, 1.165) is 6.42 Å². The summed E-state index contributed by atoms with van der Waals surface area (Å²) in [6, 6.07) is 0. The molecular formula is C7H10N2O3. The van der Waals surface area contributed by atoms with Gasteiger partial charge in [-0.2, -0.15) is 0 Å². The largest absolute Gasteiger partial charge is 0.480 e. The summed E-state index contributed by atoms with van der Waals surface area (Å²) in [5, 5.41) is 10.5. The van der Waals surface area contributed by atoms with E-state index in [2.05, 4.69) is 10.3 Å². The number of hydrogen-bond donors (Lipinski definition) is 2. The van der Waals surface area contributed by atoms with Crippen LogP contribution in [0.1, 0.15) is 12.8 Å². The standard InChI is InChI=1S/C7H10N2O3/c10-6(11)4-9-7(12)5-2-1-3-8-5/h1-4H2,(H,9,12)(H,10,11). The van der Waals surface area contributed by atoms with Crippen molar-refractivity contribution in [3.05, 3.63) is 0 Å². The van der Waals surface area contributed by atoms with Crippen molar-refractivity contribution in [2.24, 2.45) is 4.99 Å². The molecule has 0 aromatic heterocycles. The molecule has 0 aromatic rings. The van der Waals surface area contributed by atoms with Crippen LogP contribution < -0.4 is 5.32 Å². The minimum atomic E-state index is -1.04. The molecule has 0 fully saturated rings. The van der Waals surface area contributed by atoms with E-state index in [-0.39, 0.29) is 12.5 Å². The first kappa shape index (κ1) is 8.70. The number of aliphatic imine (C=N–C) groups is 1. The minimum Gasteiger partial charge on any atom is -0.480 e. The number of carbonyl (C=O) groups is 2. The maximum absolute atomic E-state index is 11.0. The van der Waals surface area contributed by atoms with Crippen molar-refractivity contribution >= 4 is 17.6 Å². The maximum atomic E-state index is 11.0. The van der Waals surface area contributed by atoms with Crippen LogP contribution in [0.4, 0.5) is 0 Å². The summed E-state index contributed by atoms with van der Waals surface area (Å²) >= 11 is 0. The van der Waals surface area contributed by atoms with Gasteiger partial charge in [-0.25, -0.2) is 0 Å². The average Bonchev–Trinajstić information content (AvgIpc) is 2.51. The molecule has 5 nitrogen and oxygen atoms in total. The Balaban J connectivity index is 2.33. The number of carbonyl (C=O) groups excluding carboxylic acids is 1. The Kier molecular flexibility index (Phi) is 2.79.